The fraction of sp³-hybridized carbons (Fsp3) is 0.615. The monoisotopic (exact) mass is 283 g/mol. The number of rotatable bonds is 5. The van der Waals surface area contributed by atoms with Gasteiger partial charge in [0.1, 0.15) is 0 Å². The molecule has 6 heteroatoms. The van der Waals surface area contributed by atoms with Gasteiger partial charge in [-0.15, -0.1) is 0 Å². The Bertz CT molecular complexity index is 490. The summed E-state index contributed by atoms with van der Waals surface area (Å²) in [5, 5.41) is 0. The molecule has 2 rings (SSSR count). The molecule has 1 aromatic rings. The molecule has 0 aliphatic heterocycles. The predicted octanol–water partition coefficient (Wildman–Crippen LogP) is 0.813. The van der Waals surface area contributed by atoms with Crippen LogP contribution >= 0.6 is 0 Å². The van der Waals surface area contributed by atoms with Crippen LogP contribution in [0.15, 0.2) is 24.4 Å². The van der Waals surface area contributed by atoms with Crippen LogP contribution in [0.25, 0.3) is 0 Å². The van der Waals surface area contributed by atoms with E-state index in [1.807, 2.05) is 18.2 Å². The second-order valence-corrected chi connectivity index (χ2v) is 6.94. The molecule has 2 atom stereocenters. The average molecular weight is 283 g/mol. The van der Waals surface area contributed by atoms with Crippen molar-refractivity contribution in [2.75, 3.05) is 5.75 Å². The van der Waals surface area contributed by atoms with Gasteiger partial charge in [-0.1, -0.05) is 18.9 Å². The average Bonchev–Trinajstić information content (AvgIpc) is 2.40. The van der Waals surface area contributed by atoms with E-state index in [1.165, 1.54) is 0 Å². The van der Waals surface area contributed by atoms with E-state index in [0.29, 0.717) is 6.42 Å². The molecule has 106 valence electrons. The normalized spacial score (nSPS) is 24.3. The van der Waals surface area contributed by atoms with Crippen molar-refractivity contribution in [1.29, 1.82) is 0 Å². The van der Waals surface area contributed by atoms with E-state index in [1.54, 1.807) is 6.20 Å². The number of hydrogen-bond donors (Lipinski definition) is 2. The Labute approximate surface area is 114 Å². The molecule has 5 nitrogen and oxygen atoms in total. The van der Waals surface area contributed by atoms with Gasteiger partial charge in [0, 0.05) is 30.4 Å². The summed E-state index contributed by atoms with van der Waals surface area (Å²) >= 11 is 0. The number of nitrogens with one attached hydrogen (secondary N) is 1. The molecular formula is C13H21N3O2S. The van der Waals surface area contributed by atoms with E-state index in [9.17, 15) is 8.42 Å². The number of pyridine rings is 1. The van der Waals surface area contributed by atoms with E-state index < -0.39 is 10.0 Å². The largest absolute Gasteiger partial charge is 0.326 e. The van der Waals surface area contributed by atoms with Crippen molar-refractivity contribution in [3.05, 3.63) is 30.1 Å². The van der Waals surface area contributed by atoms with Crippen molar-refractivity contribution in [3.8, 4) is 0 Å². The maximum Gasteiger partial charge on any atom is 0.212 e. The highest BCUT2D eigenvalue weighted by molar-refractivity contribution is 7.89. The summed E-state index contributed by atoms with van der Waals surface area (Å²) in [6.45, 7) is 0. The molecule has 19 heavy (non-hydrogen) atoms. The van der Waals surface area contributed by atoms with Crippen molar-refractivity contribution in [1.82, 2.24) is 9.71 Å². The fourth-order valence-electron chi connectivity index (χ4n) is 2.38. The standard InChI is InChI=1S/C13H21N3O2S/c14-12-6-1-2-7-13(12)16-19(17,18)10-8-11-5-3-4-9-15-11/h3-5,9,12-13,16H,1-2,6-8,10,14H2. The first kappa shape index (κ1) is 14.4. The SMILES string of the molecule is NC1CCCCC1NS(=O)(=O)CCc1ccccn1. The molecular weight excluding hydrogens is 262 g/mol. The lowest BCUT2D eigenvalue weighted by Gasteiger charge is -2.29. The Hall–Kier alpha value is -0.980. The fourth-order valence-corrected chi connectivity index (χ4v) is 3.73. The van der Waals surface area contributed by atoms with Crippen LogP contribution in [-0.4, -0.2) is 31.2 Å². The summed E-state index contributed by atoms with van der Waals surface area (Å²) < 4.78 is 26.8. The van der Waals surface area contributed by atoms with Gasteiger partial charge in [0.15, 0.2) is 0 Å². The first-order valence-electron chi connectivity index (χ1n) is 6.72. The molecule has 0 saturated heterocycles. The van der Waals surface area contributed by atoms with E-state index in [2.05, 4.69) is 9.71 Å². The second kappa shape index (κ2) is 6.45. The minimum atomic E-state index is -3.28. The Morgan fingerprint density at radius 3 is 2.79 bits per heavy atom. The van der Waals surface area contributed by atoms with Crippen molar-refractivity contribution in [2.45, 2.75) is 44.2 Å². The molecule has 2 unspecified atom stereocenters. The molecule has 1 saturated carbocycles. The number of aryl methyl sites for hydroxylation is 1. The Kier molecular flexibility index (Phi) is 4.90. The van der Waals surface area contributed by atoms with Crippen LogP contribution in [0.1, 0.15) is 31.4 Å². The Morgan fingerprint density at radius 2 is 2.11 bits per heavy atom. The summed E-state index contributed by atoms with van der Waals surface area (Å²) in [5.74, 6) is 0.0627. The number of hydrogen-bond acceptors (Lipinski definition) is 4. The third-order valence-corrected chi connectivity index (χ3v) is 4.91. The summed E-state index contributed by atoms with van der Waals surface area (Å²) in [6.07, 6.45) is 5.97. The number of aromatic nitrogens is 1. The van der Waals surface area contributed by atoms with Gasteiger partial charge in [0.05, 0.1) is 5.75 Å². The molecule has 0 spiro atoms. The van der Waals surface area contributed by atoms with Gasteiger partial charge in [-0.05, 0) is 25.0 Å². The zero-order valence-corrected chi connectivity index (χ0v) is 11.8. The van der Waals surface area contributed by atoms with Crippen LogP contribution in [-0.2, 0) is 16.4 Å². The number of sulfonamides is 1. The maximum absolute atomic E-state index is 12.0. The van der Waals surface area contributed by atoms with Crippen LogP contribution in [0.2, 0.25) is 0 Å². The zero-order chi connectivity index (χ0) is 13.7. The van der Waals surface area contributed by atoms with Crippen molar-refractivity contribution in [3.63, 3.8) is 0 Å². The smallest absolute Gasteiger partial charge is 0.212 e. The Morgan fingerprint density at radius 1 is 1.32 bits per heavy atom. The van der Waals surface area contributed by atoms with Gasteiger partial charge >= 0.3 is 0 Å². The van der Waals surface area contributed by atoms with Crippen molar-refractivity contribution < 1.29 is 8.42 Å². The highest BCUT2D eigenvalue weighted by Crippen LogP contribution is 2.17. The lowest BCUT2D eigenvalue weighted by Crippen LogP contribution is -2.49. The molecule has 0 amide bonds. The molecule has 0 radical (unpaired) electrons. The third-order valence-electron chi connectivity index (χ3n) is 3.50. The van der Waals surface area contributed by atoms with Crippen LogP contribution in [0.4, 0.5) is 0 Å². The highest BCUT2D eigenvalue weighted by Gasteiger charge is 2.25. The molecule has 1 fully saturated rings. The van der Waals surface area contributed by atoms with Gasteiger partial charge in [-0.2, -0.15) is 0 Å². The van der Waals surface area contributed by atoms with Gasteiger partial charge in [-0.25, -0.2) is 13.1 Å². The molecule has 1 heterocycles. The van der Waals surface area contributed by atoms with Gasteiger partial charge in [0.2, 0.25) is 10.0 Å². The first-order valence-corrected chi connectivity index (χ1v) is 8.37. The lowest BCUT2D eigenvalue weighted by molar-refractivity contribution is 0.361. The van der Waals surface area contributed by atoms with E-state index in [-0.39, 0.29) is 17.8 Å². The van der Waals surface area contributed by atoms with Crippen LogP contribution in [0.5, 0.6) is 0 Å². The quantitative estimate of drug-likeness (QED) is 0.837. The lowest BCUT2D eigenvalue weighted by atomic mass is 9.92. The van der Waals surface area contributed by atoms with Gasteiger partial charge in [0.25, 0.3) is 0 Å². The van der Waals surface area contributed by atoms with Crippen LogP contribution in [0.3, 0.4) is 0 Å². The van der Waals surface area contributed by atoms with E-state index >= 15 is 0 Å². The topological polar surface area (TPSA) is 85.1 Å². The third kappa shape index (κ3) is 4.56. The van der Waals surface area contributed by atoms with E-state index in [0.717, 1.165) is 31.4 Å². The molecule has 3 N–H and O–H groups in total. The second-order valence-electron chi connectivity index (χ2n) is 5.06. The molecule has 0 aromatic carbocycles. The number of nitrogens with zero attached hydrogens (tertiary/aromatic N) is 1. The molecule has 1 aliphatic rings. The summed E-state index contributed by atoms with van der Waals surface area (Å²) in [4.78, 5) is 4.13. The highest BCUT2D eigenvalue weighted by atomic mass is 32.2. The van der Waals surface area contributed by atoms with Crippen molar-refractivity contribution >= 4 is 10.0 Å². The van der Waals surface area contributed by atoms with E-state index in [4.69, 9.17) is 5.73 Å². The number of nitrogens with two attached hydrogens (primary N) is 1. The minimum absolute atomic E-state index is 0.0571. The van der Waals surface area contributed by atoms with Gasteiger partial charge in [-0.3, -0.25) is 4.98 Å². The van der Waals surface area contributed by atoms with Gasteiger partial charge < -0.3 is 5.73 Å². The minimum Gasteiger partial charge on any atom is -0.326 e. The maximum atomic E-state index is 12.0. The predicted molar refractivity (Wildman–Crippen MR) is 75.1 cm³/mol. The molecule has 1 aliphatic carbocycles. The van der Waals surface area contributed by atoms with Crippen LogP contribution < -0.4 is 10.5 Å². The summed E-state index contributed by atoms with van der Waals surface area (Å²) in [5.41, 5.74) is 6.75. The summed E-state index contributed by atoms with van der Waals surface area (Å²) in [6, 6.07) is 5.35. The van der Waals surface area contributed by atoms with Crippen LogP contribution in [0, 0.1) is 0 Å². The zero-order valence-electron chi connectivity index (χ0n) is 11.0. The van der Waals surface area contributed by atoms with Crippen molar-refractivity contribution in [2.24, 2.45) is 5.73 Å². The Balaban J connectivity index is 1.88. The first-order chi connectivity index (χ1) is 9.07. The summed E-state index contributed by atoms with van der Waals surface area (Å²) in [7, 11) is -3.28. The molecule has 1 aromatic heterocycles. The molecule has 0 bridgehead atoms.